The molecule has 1 aliphatic carbocycles. The van der Waals surface area contributed by atoms with Crippen LogP contribution in [-0.2, 0) is 20.0 Å². The summed E-state index contributed by atoms with van der Waals surface area (Å²) in [5.41, 5.74) is 0.836. The molecule has 3 rings (SSSR count). The third-order valence-electron chi connectivity index (χ3n) is 4.82. The summed E-state index contributed by atoms with van der Waals surface area (Å²) < 4.78 is 58.6. The van der Waals surface area contributed by atoms with Crippen LogP contribution in [0.5, 0.6) is 5.75 Å². The SMILES string of the molecule is COc1cc(N2CCCS2(=O)=O)ccc1NS(=O)(=O)C1CCCCC1. The molecule has 0 radical (unpaired) electrons. The Balaban J connectivity index is 1.85. The average Bonchev–Trinajstić information content (AvgIpc) is 2.95. The van der Waals surface area contributed by atoms with Gasteiger partial charge in [-0.2, -0.15) is 0 Å². The van der Waals surface area contributed by atoms with Crippen molar-refractivity contribution in [1.82, 2.24) is 0 Å². The molecule has 2 fully saturated rings. The Hall–Kier alpha value is -1.48. The summed E-state index contributed by atoms with van der Waals surface area (Å²) in [7, 11) is -5.34. The van der Waals surface area contributed by atoms with Crippen molar-refractivity contribution in [3.05, 3.63) is 18.2 Å². The summed E-state index contributed by atoms with van der Waals surface area (Å²) in [6.07, 6.45) is 4.85. The van der Waals surface area contributed by atoms with Gasteiger partial charge >= 0.3 is 0 Å². The van der Waals surface area contributed by atoms with Crippen LogP contribution >= 0.6 is 0 Å². The predicted octanol–water partition coefficient (Wildman–Crippen LogP) is 2.31. The lowest BCUT2D eigenvalue weighted by Crippen LogP contribution is -2.30. The molecular weight excluding hydrogens is 364 g/mol. The van der Waals surface area contributed by atoms with Crippen LogP contribution in [-0.4, -0.2) is 41.5 Å². The molecule has 0 spiro atoms. The van der Waals surface area contributed by atoms with Gasteiger partial charge in [0.25, 0.3) is 0 Å². The van der Waals surface area contributed by atoms with Crippen LogP contribution in [0.4, 0.5) is 11.4 Å². The number of hydrogen-bond acceptors (Lipinski definition) is 5. The minimum atomic E-state index is -3.49. The summed E-state index contributed by atoms with van der Waals surface area (Å²) in [5, 5.41) is -0.385. The number of ether oxygens (including phenoxy) is 1. The van der Waals surface area contributed by atoms with E-state index in [-0.39, 0.29) is 11.0 Å². The Morgan fingerprint density at radius 2 is 1.88 bits per heavy atom. The fourth-order valence-corrected chi connectivity index (χ4v) is 6.61. The van der Waals surface area contributed by atoms with Crippen LogP contribution in [0.1, 0.15) is 38.5 Å². The fraction of sp³-hybridized carbons (Fsp3) is 0.625. The van der Waals surface area contributed by atoms with Gasteiger partial charge in [0.1, 0.15) is 5.75 Å². The normalized spacial score (nSPS) is 21.2. The van der Waals surface area contributed by atoms with Gasteiger partial charge in [-0.15, -0.1) is 0 Å². The minimum Gasteiger partial charge on any atom is -0.494 e. The summed E-state index contributed by atoms with van der Waals surface area (Å²) in [6, 6.07) is 4.76. The first-order chi connectivity index (χ1) is 11.8. The van der Waals surface area contributed by atoms with E-state index in [2.05, 4.69) is 4.72 Å². The van der Waals surface area contributed by atoms with Gasteiger partial charge < -0.3 is 4.74 Å². The number of nitrogens with zero attached hydrogens (tertiary/aromatic N) is 1. The number of nitrogens with one attached hydrogen (secondary N) is 1. The third-order valence-corrected chi connectivity index (χ3v) is 8.54. The number of methoxy groups -OCH3 is 1. The maximum atomic E-state index is 12.6. The largest absolute Gasteiger partial charge is 0.494 e. The first kappa shape index (κ1) is 18.3. The lowest BCUT2D eigenvalue weighted by Gasteiger charge is -2.24. The van der Waals surface area contributed by atoms with Crippen molar-refractivity contribution in [3.63, 3.8) is 0 Å². The second kappa shape index (κ2) is 7.03. The van der Waals surface area contributed by atoms with E-state index in [1.54, 1.807) is 18.2 Å². The minimum absolute atomic E-state index is 0.130. The molecule has 0 bridgehead atoms. The molecule has 2 aliphatic rings. The summed E-state index contributed by atoms with van der Waals surface area (Å²) in [4.78, 5) is 0. The second-order valence-electron chi connectivity index (χ2n) is 6.53. The van der Waals surface area contributed by atoms with Crippen molar-refractivity contribution in [2.45, 2.75) is 43.8 Å². The van der Waals surface area contributed by atoms with Crippen molar-refractivity contribution in [2.24, 2.45) is 0 Å². The Bertz CT molecular complexity index is 830. The topological polar surface area (TPSA) is 92.8 Å². The lowest BCUT2D eigenvalue weighted by atomic mass is 10.0. The van der Waals surface area contributed by atoms with E-state index in [0.29, 0.717) is 42.9 Å². The number of sulfonamides is 2. The van der Waals surface area contributed by atoms with Gasteiger partial charge in [0.15, 0.2) is 0 Å². The lowest BCUT2D eigenvalue weighted by molar-refractivity contribution is 0.417. The van der Waals surface area contributed by atoms with Crippen LogP contribution in [0.2, 0.25) is 0 Å². The van der Waals surface area contributed by atoms with E-state index in [4.69, 9.17) is 4.74 Å². The third kappa shape index (κ3) is 3.87. The molecule has 1 saturated heterocycles. The van der Waals surface area contributed by atoms with Crippen LogP contribution in [0.3, 0.4) is 0 Å². The van der Waals surface area contributed by atoms with Crippen molar-refractivity contribution in [2.75, 3.05) is 28.4 Å². The van der Waals surface area contributed by atoms with Crippen molar-refractivity contribution >= 4 is 31.4 Å². The van der Waals surface area contributed by atoms with Crippen LogP contribution in [0, 0.1) is 0 Å². The van der Waals surface area contributed by atoms with Crippen molar-refractivity contribution < 1.29 is 21.6 Å². The smallest absolute Gasteiger partial charge is 0.235 e. The zero-order chi connectivity index (χ0) is 18.1. The molecule has 1 aromatic carbocycles. The van der Waals surface area contributed by atoms with Crippen LogP contribution in [0.15, 0.2) is 18.2 Å². The predicted molar refractivity (Wildman–Crippen MR) is 98.2 cm³/mol. The van der Waals surface area contributed by atoms with Crippen LogP contribution < -0.4 is 13.8 Å². The molecular formula is C16H24N2O5S2. The molecule has 1 aromatic rings. The molecule has 0 amide bonds. The highest BCUT2D eigenvalue weighted by atomic mass is 32.2. The molecule has 1 aliphatic heterocycles. The first-order valence-electron chi connectivity index (χ1n) is 8.53. The zero-order valence-corrected chi connectivity index (χ0v) is 15.9. The Morgan fingerprint density at radius 1 is 1.16 bits per heavy atom. The summed E-state index contributed by atoms with van der Waals surface area (Å²) in [5.74, 6) is 0.449. The molecule has 25 heavy (non-hydrogen) atoms. The number of rotatable bonds is 5. The van der Waals surface area contributed by atoms with Crippen molar-refractivity contribution in [3.8, 4) is 5.75 Å². The van der Waals surface area contributed by atoms with Gasteiger partial charge in [-0.05, 0) is 31.4 Å². The second-order valence-corrected chi connectivity index (χ2v) is 10.5. The molecule has 7 nitrogen and oxygen atoms in total. The number of anilines is 2. The molecule has 9 heteroatoms. The molecule has 1 heterocycles. The monoisotopic (exact) mass is 388 g/mol. The Labute approximate surface area is 149 Å². The van der Waals surface area contributed by atoms with Crippen molar-refractivity contribution in [1.29, 1.82) is 0 Å². The van der Waals surface area contributed by atoms with Gasteiger partial charge in [0.2, 0.25) is 20.0 Å². The first-order valence-corrected chi connectivity index (χ1v) is 11.7. The molecule has 1 N–H and O–H groups in total. The number of hydrogen-bond donors (Lipinski definition) is 1. The fourth-order valence-electron chi connectivity index (χ4n) is 3.46. The Kier molecular flexibility index (Phi) is 5.15. The number of benzene rings is 1. The maximum absolute atomic E-state index is 12.6. The zero-order valence-electron chi connectivity index (χ0n) is 14.3. The van der Waals surface area contributed by atoms with E-state index < -0.39 is 20.0 Å². The molecule has 1 saturated carbocycles. The molecule has 0 atom stereocenters. The summed E-state index contributed by atoms with van der Waals surface area (Å²) in [6.45, 7) is 0.429. The molecule has 0 unspecified atom stereocenters. The maximum Gasteiger partial charge on any atom is 0.235 e. The standard InChI is InChI=1S/C16H24N2O5S2/c1-23-16-12-13(18-10-5-11-24(18,19)20)8-9-15(16)17-25(21,22)14-6-3-2-4-7-14/h8-9,12,14,17H,2-7,10-11H2,1H3. The highest BCUT2D eigenvalue weighted by Gasteiger charge is 2.30. The van der Waals surface area contributed by atoms with E-state index in [1.165, 1.54) is 11.4 Å². The quantitative estimate of drug-likeness (QED) is 0.835. The highest BCUT2D eigenvalue weighted by Crippen LogP contribution is 2.34. The highest BCUT2D eigenvalue weighted by molar-refractivity contribution is 7.93. The summed E-state index contributed by atoms with van der Waals surface area (Å²) >= 11 is 0. The van der Waals surface area contributed by atoms with E-state index in [0.717, 1.165) is 19.3 Å². The van der Waals surface area contributed by atoms with Gasteiger partial charge in [-0.1, -0.05) is 19.3 Å². The van der Waals surface area contributed by atoms with Gasteiger partial charge in [-0.3, -0.25) is 9.03 Å². The van der Waals surface area contributed by atoms with E-state index in [9.17, 15) is 16.8 Å². The van der Waals surface area contributed by atoms with Gasteiger partial charge in [0, 0.05) is 12.6 Å². The van der Waals surface area contributed by atoms with Crippen LogP contribution in [0.25, 0.3) is 0 Å². The van der Waals surface area contributed by atoms with Gasteiger partial charge in [0.05, 0.1) is 29.5 Å². The Morgan fingerprint density at radius 3 is 2.48 bits per heavy atom. The molecule has 0 aromatic heterocycles. The van der Waals surface area contributed by atoms with E-state index >= 15 is 0 Å². The molecule has 140 valence electrons. The van der Waals surface area contributed by atoms with E-state index in [1.807, 2.05) is 0 Å². The van der Waals surface area contributed by atoms with Gasteiger partial charge in [-0.25, -0.2) is 16.8 Å². The average molecular weight is 389 g/mol.